The SMILES string of the molecule is C=C/C=C\C(=C/C)N1C(=O)/C(=C/c2cc(C)n(-c3ccc(OCc4ccccc4F)cc3)c2C)C(=O)N=C1SCC(=O)NC(c1ccccc1)c1ccccc1. The van der Waals surface area contributed by atoms with E-state index in [1.807, 2.05) is 109 Å². The molecule has 0 atom stereocenters. The molecule has 56 heavy (non-hydrogen) atoms. The lowest BCUT2D eigenvalue weighted by Gasteiger charge is -2.28. The number of thioether (sulfide) groups is 1. The van der Waals surface area contributed by atoms with E-state index in [1.165, 1.54) is 11.0 Å². The van der Waals surface area contributed by atoms with Crippen LogP contribution in [0.15, 0.2) is 162 Å². The highest BCUT2D eigenvalue weighted by Crippen LogP contribution is 2.30. The van der Waals surface area contributed by atoms with Crippen molar-refractivity contribution in [3.63, 3.8) is 0 Å². The van der Waals surface area contributed by atoms with E-state index in [0.717, 1.165) is 40.0 Å². The molecule has 1 aliphatic rings. The van der Waals surface area contributed by atoms with Crippen LogP contribution in [0.2, 0.25) is 0 Å². The van der Waals surface area contributed by atoms with Crippen LogP contribution in [-0.2, 0) is 21.0 Å². The van der Waals surface area contributed by atoms with Crippen molar-refractivity contribution >= 4 is 40.7 Å². The molecule has 3 amide bonds. The summed E-state index contributed by atoms with van der Waals surface area (Å²) >= 11 is 1.01. The van der Waals surface area contributed by atoms with Crippen LogP contribution in [0.5, 0.6) is 5.75 Å². The number of carbonyl (C=O) groups excluding carboxylic acids is 3. The summed E-state index contributed by atoms with van der Waals surface area (Å²) in [4.78, 5) is 47.2. The van der Waals surface area contributed by atoms with Crippen molar-refractivity contribution in [1.82, 2.24) is 14.8 Å². The number of aliphatic imine (C=N–C) groups is 1. The predicted molar refractivity (Wildman–Crippen MR) is 222 cm³/mol. The fraction of sp³-hybridized carbons (Fsp3) is 0.130. The number of nitrogens with zero attached hydrogens (tertiary/aromatic N) is 3. The first-order chi connectivity index (χ1) is 27.2. The summed E-state index contributed by atoms with van der Waals surface area (Å²) in [5, 5.41) is 3.20. The van der Waals surface area contributed by atoms with Gasteiger partial charge in [0.2, 0.25) is 5.91 Å². The summed E-state index contributed by atoms with van der Waals surface area (Å²) in [5.74, 6) is -1.40. The van der Waals surface area contributed by atoms with Crippen LogP contribution in [0.4, 0.5) is 4.39 Å². The minimum atomic E-state index is -0.704. The normalized spacial score (nSPS) is 14.1. The molecule has 0 spiro atoms. The second-order valence-electron chi connectivity index (χ2n) is 12.9. The van der Waals surface area contributed by atoms with Crippen LogP contribution in [0.1, 0.15) is 46.6 Å². The largest absolute Gasteiger partial charge is 0.489 e. The van der Waals surface area contributed by atoms with Crippen LogP contribution in [0.25, 0.3) is 11.8 Å². The van der Waals surface area contributed by atoms with E-state index >= 15 is 0 Å². The average molecular weight is 765 g/mol. The number of benzene rings is 4. The third kappa shape index (κ3) is 9.05. The number of halogens is 1. The molecule has 0 aliphatic carbocycles. The van der Waals surface area contributed by atoms with Gasteiger partial charge in [0.25, 0.3) is 11.8 Å². The van der Waals surface area contributed by atoms with Crippen molar-refractivity contribution in [2.45, 2.75) is 33.4 Å². The van der Waals surface area contributed by atoms with E-state index in [4.69, 9.17) is 4.74 Å². The van der Waals surface area contributed by atoms with E-state index in [0.29, 0.717) is 22.6 Å². The Morgan fingerprint density at radius 1 is 0.929 bits per heavy atom. The fourth-order valence-electron chi connectivity index (χ4n) is 6.35. The third-order valence-corrected chi connectivity index (χ3v) is 10.1. The predicted octanol–water partition coefficient (Wildman–Crippen LogP) is 9.21. The molecule has 0 unspecified atom stereocenters. The lowest BCUT2D eigenvalue weighted by molar-refractivity contribution is -0.126. The van der Waals surface area contributed by atoms with Gasteiger partial charge in [-0.3, -0.25) is 19.3 Å². The number of hydrogen-bond acceptors (Lipinski definition) is 5. The maximum Gasteiger partial charge on any atom is 0.285 e. The lowest BCUT2D eigenvalue weighted by Crippen LogP contribution is -2.42. The van der Waals surface area contributed by atoms with E-state index in [9.17, 15) is 18.8 Å². The first-order valence-electron chi connectivity index (χ1n) is 18.0. The summed E-state index contributed by atoms with van der Waals surface area (Å²) < 4.78 is 21.9. The zero-order chi connectivity index (χ0) is 39.6. The monoisotopic (exact) mass is 764 g/mol. The number of amides is 3. The van der Waals surface area contributed by atoms with E-state index in [-0.39, 0.29) is 34.8 Å². The molecule has 0 saturated heterocycles. The van der Waals surface area contributed by atoms with Crippen molar-refractivity contribution in [3.05, 3.63) is 197 Å². The van der Waals surface area contributed by atoms with E-state index in [2.05, 4.69) is 16.9 Å². The highest BCUT2D eigenvalue weighted by Gasteiger charge is 2.35. The van der Waals surface area contributed by atoms with Crippen molar-refractivity contribution < 1.29 is 23.5 Å². The number of allylic oxidation sites excluding steroid dienone is 4. The first kappa shape index (κ1) is 39.2. The molecule has 282 valence electrons. The van der Waals surface area contributed by atoms with Gasteiger partial charge in [-0.15, -0.1) is 0 Å². The Balaban J connectivity index is 1.24. The number of carbonyl (C=O) groups is 3. The number of aryl methyl sites for hydroxylation is 1. The van der Waals surface area contributed by atoms with Crippen molar-refractivity contribution in [1.29, 1.82) is 0 Å². The number of hydrogen-bond donors (Lipinski definition) is 1. The molecule has 2 heterocycles. The molecule has 4 aromatic carbocycles. The molecule has 0 bridgehead atoms. The third-order valence-electron chi connectivity index (χ3n) is 9.13. The topological polar surface area (TPSA) is 93.0 Å². The Morgan fingerprint density at radius 2 is 1.57 bits per heavy atom. The molecule has 6 rings (SSSR count). The van der Waals surface area contributed by atoms with Crippen LogP contribution in [0.3, 0.4) is 0 Å². The highest BCUT2D eigenvalue weighted by molar-refractivity contribution is 8.14. The Bertz CT molecular complexity index is 2320. The van der Waals surface area contributed by atoms with Gasteiger partial charge in [-0.05, 0) is 86.0 Å². The second-order valence-corrected chi connectivity index (χ2v) is 13.8. The molecule has 1 N–H and O–H groups in total. The molecular weight excluding hydrogens is 724 g/mol. The van der Waals surface area contributed by atoms with Gasteiger partial charge in [-0.2, -0.15) is 4.99 Å². The first-order valence-corrected chi connectivity index (χ1v) is 19.0. The van der Waals surface area contributed by atoms with Gasteiger partial charge in [0.1, 0.15) is 23.7 Å². The summed E-state index contributed by atoms with van der Waals surface area (Å²) in [6.45, 7) is 9.47. The minimum Gasteiger partial charge on any atom is -0.489 e. The molecule has 0 fully saturated rings. The number of rotatable bonds is 13. The number of aromatic nitrogens is 1. The van der Waals surface area contributed by atoms with Gasteiger partial charge in [0.05, 0.1) is 11.8 Å². The van der Waals surface area contributed by atoms with Crippen LogP contribution in [0, 0.1) is 19.7 Å². The van der Waals surface area contributed by atoms with Gasteiger partial charge in [0, 0.05) is 28.3 Å². The average Bonchev–Trinajstić information content (AvgIpc) is 3.50. The molecule has 10 heteroatoms. The lowest BCUT2D eigenvalue weighted by atomic mass is 9.99. The Kier molecular flexibility index (Phi) is 12.7. The number of ether oxygens (including phenoxy) is 1. The van der Waals surface area contributed by atoms with E-state index in [1.54, 1.807) is 55.5 Å². The van der Waals surface area contributed by atoms with Crippen molar-refractivity contribution in [2.75, 3.05) is 5.75 Å². The zero-order valence-corrected chi connectivity index (χ0v) is 32.1. The van der Waals surface area contributed by atoms with Crippen LogP contribution < -0.4 is 10.1 Å². The quantitative estimate of drug-likeness (QED) is 0.0734. The molecule has 8 nitrogen and oxygen atoms in total. The fourth-order valence-corrected chi connectivity index (χ4v) is 7.16. The maximum atomic E-state index is 14.3. The number of nitrogens with one attached hydrogen (secondary N) is 1. The van der Waals surface area contributed by atoms with Gasteiger partial charge < -0.3 is 14.6 Å². The Labute approximate surface area is 330 Å². The second kappa shape index (κ2) is 18.2. The molecule has 1 aliphatic heterocycles. The van der Waals surface area contributed by atoms with Gasteiger partial charge in [-0.1, -0.05) is 115 Å². The van der Waals surface area contributed by atoms with Gasteiger partial charge in [0.15, 0.2) is 5.17 Å². The van der Waals surface area contributed by atoms with Crippen LogP contribution >= 0.6 is 11.8 Å². The standard InChI is InChI=1S/C46H41FN4O4S/c1-5-7-21-37(6-2)51-45(54)40(44(53)49-46(51)56-30-42(52)48-43(33-16-10-8-11-17-33)34-18-12-9-13-19-34)28-36-27-31(3)50(32(36)4)38-23-25-39(26-24-38)55-29-35-20-14-15-22-41(35)47/h5-28,43H,1,29-30H2,2-4H3,(H,48,52)/b21-7-,37-6+,40-28+. The Hall–Kier alpha value is -6.52. The summed E-state index contributed by atoms with van der Waals surface area (Å²) in [6.07, 6.45) is 8.27. The molecule has 0 saturated carbocycles. The molecule has 0 radical (unpaired) electrons. The summed E-state index contributed by atoms with van der Waals surface area (Å²) in [5.41, 5.74) is 5.83. The Morgan fingerprint density at radius 3 is 2.20 bits per heavy atom. The van der Waals surface area contributed by atoms with Gasteiger partial charge in [-0.25, -0.2) is 4.39 Å². The molecule has 1 aromatic heterocycles. The van der Waals surface area contributed by atoms with Crippen molar-refractivity contribution in [2.24, 2.45) is 4.99 Å². The number of amidine groups is 1. The minimum absolute atomic E-state index is 0.0906. The molecule has 5 aromatic rings. The summed E-state index contributed by atoms with van der Waals surface area (Å²) in [7, 11) is 0. The zero-order valence-electron chi connectivity index (χ0n) is 31.3. The maximum absolute atomic E-state index is 14.3. The van der Waals surface area contributed by atoms with E-state index < -0.39 is 17.9 Å². The summed E-state index contributed by atoms with van der Waals surface area (Å²) in [6, 6.07) is 34.7. The smallest absolute Gasteiger partial charge is 0.285 e. The highest BCUT2D eigenvalue weighted by atomic mass is 32.2. The molecular formula is C46H41FN4O4S. The van der Waals surface area contributed by atoms with Crippen molar-refractivity contribution in [3.8, 4) is 11.4 Å². The van der Waals surface area contributed by atoms with Gasteiger partial charge >= 0.3 is 0 Å². The van der Waals surface area contributed by atoms with Crippen LogP contribution in [-0.4, -0.2) is 38.1 Å².